The lowest BCUT2D eigenvalue weighted by atomic mass is 10.1. The van der Waals surface area contributed by atoms with E-state index in [1.54, 1.807) is 42.3 Å². The van der Waals surface area contributed by atoms with E-state index in [0.29, 0.717) is 40.8 Å². The van der Waals surface area contributed by atoms with Gasteiger partial charge in [-0.2, -0.15) is 0 Å². The van der Waals surface area contributed by atoms with E-state index in [0.717, 1.165) is 12.6 Å². The fourth-order valence-electron chi connectivity index (χ4n) is 3.75. The second-order valence-electron chi connectivity index (χ2n) is 7.61. The Morgan fingerprint density at radius 3 is 2.72 bits per heavy atom. The van der Waals surface area contributed by atoms with E-state index >= 15 is 0 Å². The van der Waals surface area contributed by atoms with E-state index in [1.807, 2.05) is 0 Å². The Balaban J connectivity index is 1.51. The van der Waals surface area contributed by atoms with Gasteiger partial charge >= 0.3 is 0 Å². The summed E-state index contributed by atoms with van der Waals surface area (Å²) in [6.45, 7) is 1.26. The summed E-state index contributed by atoms with van der Waals surface area (Å²) in [4.78, 5) is 29.6. The zero-order valence-corrected chi connectivity index (χ0v) is 17.5. The number of fused-ring (bicyclic) bond motifs is 1. The highest BCUT2D eigenvalue weighted by molar-refractivity contribution is 6.09. The summed E-state index contributed by atoms with van der Waals surface area (Å²) in [5.41, 5.74) is 2.00. The number of benzene rings is 2. The predicted molar refractivity (Wildman–Crippen MR) is 123 cm³/mol. The molecule has 0 radical (unpaired) electrons. The first kappa shape index (κ1) is 21.5. The molecule has 8 heteroatoms. The Morgan fingerprint density at radius 1 is 1.25 bits per heavy atom. The molecule has 32 heavy (non-hydrogen) atoms. The summed E-state index contributed by atoms with van der Waals surface area (Å²) in [7, 11) is 1.65. The van der Waals surface area contributed by atoms with Crippen molar-refractivity contribution in [3.8, 4) is 0 Å². The minimum Gasteiger partial charge on any atom is -0.380 e. The number of allylic oxidation sites excluding steroid dienone is 1. The molecular formula is C24H23FN4O3. The predicted octanol–water partition coefficient (Wildman–Crippen LogP) is 3.63. The zero-order valence-electron chi connectivity index (χ0n) is 17.5. The van der Waals surface area contributed by atoms with Crippen LogP contribution in [-0.4, -0.2) is 48.3 Å². The summed E-state index contributed by atoms with van der Waals surface area (Å²) in [5.74, 6) is -0.447. The van der Waals surface area contributed by atoms with Crippen LogP contribution in [-0.2, 0) is 4.74 Å². The van der Waals surface area contributed by atoms with Crippen LogP contribution in [0, 0.1) is 11.2 Å². The average molecular weight is 434 g/mol. The fourth-order valence-corrected chi connectivity index (χ4v) is 3.75. The Morgan fingerprint density at radius 2 is 2.03 bits per heavy atom. The Hall–Kier alpha value is -3.78. The van der Waals surface area contributed by atoms with Crippen molar-refractivity contribution in [1.29, 1.82) is 5.41 Å². The molecule has 3 aromatic rings. The van der Waals surface area contributed by atoms with Gasteiger partial charge in [-0.15, -0.1) is 0 Å². The number of pyridine rings is 1. The van der Waals surface area contributed by atoms with Crippen LogP contribution in [0.3, 0.4) is 0 Å². The lowest BCUT2D eigenvalue weighted by Crippen LogP contribution is -2.29. The van der Waals surface area contributed by atoms with Gasteiger partial charge in [-0.05, 0) is 55.0 Å². The molecule has 3 N–H and O–H groups in total. The second-order valence-corrected chi connectivity index (χ2v) is 7.61. The molecule has 2 aromatic carbocycles. The molecule has 2 heterocycles. The van der Waals surface area contributed by atoms with Crippen molar-refractivity contribution in [2.75, 3.05) is 25.5 Å². The molecular weight excluding hydrogens is 411 g/mol. The van der Waals surface area contributed by atoms with Gasteiger partial charge in [0.1, 0.15) is 5.82 Å². The highest BCUT2D eigenvalue weighted by atomic mass is 19.1. The van der Waals surface area contributed by atoms with Crippen molar-refractivity contribution >= 4 is 34.3 Å². The first-order chi connectivity index (χ1) is 15.5. The summed E-state index contributed by atoms with van der Waals surface area (Å²) in [6, 6.07) is 12.6. The number of hydrogen-bond acceptors (Lipinski definition) is 5. The lowest BCUT2D eigenvalue weighted by Gasteiger charge is -2.16. The molecule has 1 aliphatic rings. The van der Waals surface area contributed by atoms with Gasteiger partial charge in [0.2, 0.25) is 0 Å². The van der Waals surface area contributed by atoms with Crippen LogP contribution in [0.2, 0.25) is 0 Å². The Bertz CT molecular complexity index is 1250. The minimum atomic E-state index is -0.407. The summed E-state index contributed by atoms with van der Waals surface area (Å²) in [6.07, 6.45) is 3.50. The number of carbonyl (C=O) groups excluding carboxylic acids is 1. The van der Waals surface area contributed by atoms with E-state index in [2.05, 4.69) is 10.3 Å². The fraction of sp³-hybridized carbons (Fsp3) is 0.208. The first-order valence-electron chi connectivity index (χ1n) is 10.2. The third-order valence-electron chi connectivity index (χ3n) is 5.56. The number of nitrogens with one attached hydrogen (secondary N) is 3. The highest BCUT2D eigenvalue weighted by Gasteiger charge is 2.26. The van der Waals surface area contributed by atoms with Gasteiger partial charge in [0.15, 0.2) is 0 Å². The van der Waals surface area contributed by atoms with E-state index < -0.39 is 5.82 Å². The number of methoxy groups -OCH3 is 1. The molecule has 1 aliphatic heterocycles. The van der Waals surface area contributed by atoms with Gasteiger partial charge in [0.25, 0.3) is 11.5 Å². The molecule has 1 aromatic heterocycles. The van der Waals surface area contributed by atoms with Gasteiger partial charge in [0.05, 0.1) is 11.7 Å². The van der Waals surface area contributed by atoms with Crippen LogP contribution in [0.25, 0.3) is 16.5 Å². The van der Waals surface area contributed by atoms with Gasteiger partial charge in [-0.3, -0.25) is 9.59 Å². The Kier molecular flexibility index (Phi) is 6.13. The smallest absolute Gasteiger partial charge is 0.256 e. The van der Waals surface area contributed by atoms with Crippen molar-refractivity contribution in [3.05, 3.63) is 82.0 Å². The van der Waals surface area contributed by atoms with E-state index in [1.165, 1.54) is 24.4 Å². The number of aromatic amines is 1. The Labute approximate surface area is 184 Å². The second kappa shape index (κ2) is 9.15. The molecule has 1 saturated heterocycles. The van der Waals surface area contributed by atoms with Crippen LogP contribution in [0.1, 0.15) is 22.3 Å². The van der Waals surface area contributed by atoms with Crippen LogP contribution in [0.15, 0.2) is 59.5 Å². The number of carbonyl (C=O) groups is 1. The zero-order chi connectivity index (χ0) is 22.7. The molecule has 0 spiro atoms. The molecule has 0 aliphatic carbocycles. The van der Waals surface area contributed by atoms with Crippen LogP contribution in [0.4, 0.5) is 10.1 Å². The summed E-state index contributed by atoms with van der Waals surface area (Å²) in [5, 5.41) is 11.3. The molecule has 164 valence electrons. The minimum absolute atomic E-state index is 0.0400. The number of amides is 1. The number of aromatic nitrogens is 1. The summed E-state index contributed by atoms with van der Waals surface area (Å²) < 4.78 is 18.9. The van der Waals surface area contributed by atoms with Gasteiger partial charge in [0, 0.05) is 60.3 Å². The molecule has 7 nitrogen and oxygen atoms in total. The first-order valence-corrected chi connectivity index (χ1v) is 10.2. The maximum atomic E-state index is 13.5. The van der Waals surface area contributed by atoms with Crippen LogP contribution in [0.5, 0.6) is 0 Å². The number of rotatable bonds is 6. The topological polar surface area (TPSA) is 98.3 Å². The number of halogens is 1. The molecule has 1 amide bonds. The van der Waals surface area contributed by atoms with Gasteiger partial charge in [-0.25, -0.2) is 4.39 Å². The van der Waals surface area contributed by atoms with Gasteiger partial charge in [-0.1, -0.05) is 0 Å². The number of ether oxygens (including phenoxy) is 1. The third-order valence-corrected chi connectivity index (χ3v) is 5.56. The number of H-pyrrole nitrogens is 1. The van der Waals surface area contributed by atoms with Crippen LogP contribution < -0.4 is 10.9 Å². The molecule has 0 unspecified atom stereocenters. The third kappa shape index (κ3) is 4.45. The van der Waals surface area contributed by atoms with Gasteiger partial charge < -0.3 is 25.3 Å². The maximum absolute atomic E-state index is 13.5. The maximum Gasteiger partial charge on any atom is 0.256 e. The standard InChI is InChI=1S/C24H23FN4O3/c1-32-20-8-9-29(14-20)24(31)15-2-5-19(6-3-15)27-13-17(12-26)21-11-16-10-18(25)4-7-22(16)28-23(21)30/h2-7,10-13,20,26-27H,8-9,14H2,1H3,(H,28,30)/b17-13+,26-12?/t20-/m1/s1. The quantitative estimate of drug-likeness (QED) is 0.516. The highest BCUT2D eigenvalue weighted by Crippen LogP contribution is 2.19. The molecule has 4 rings (SSSR count). The SMILES string of the molecule is CO[C@@H]1CCN(C(=O)c2ccc(N/C=C(\C=N)c3cc4cc(F)ccc4[nH]c3=O)cc2)C1. The molecule has 1 fully saturated rings. The van der Waals surface area contributed by atoms with E-state index in [9.17, 15) is 14.0 Å². The number of likely N-dealkylation sites (tertiary alicyclic amines) is 1. The lowest BCUT2D eigenvalue weighted by molar-refractivity contribution is 0.0724. The number of hydrogen-bond donors (Lipinski definition) is 3. The average Bonchev–Trinajstić information content (AvgIpc) is 3.29. The summed E-state index contributed by atoms with van der Waals surface area (Å²) >= 11 is 0. The van der Waals surface area contributed by atoms with E-state index in [-0.39, 0.29) is 23.1 Å². The molecule has 0 saturated carbocycles. The number of nitrogens with zero attached hydrogens (tertiary/aromatic N) is 1. The largest absolute Gasteiger partial charge is 0.380 e. The monoisotopic (exact) mass is 434 g/mol. The van der Waals surface area contributed by atoms with Crippen molar-refractivity contribution in [2.24, 2.45) is 0 Å². The molecule has 1 atom stereocenters. The van der Waals surface area contributed by atoms with Crippen LogP contribution >= 0.6 is 0 Å². The van der Waals surface area contributed by atoms with Crippen molar-refractivity contribution in [2.45, 2.75) is 12.5 Å². The number of anilines is 1. The van der Waals surface area contributed by atoms with Crippen molar-refractivity contribution < 1.29 is 13.9 Å². The van der Waals surface area contributed by atoms with Crippen molar-refractivity contribution in [1.82, 2.24) is 9.88 Å². The molecule has 0 bridgehead atoms. The van der Waals surface area contributed by atoms with E-state index in [4.69, 9.17) is 10.1 Å². The van der Waals surface area contributed by atoms with Crippen molar-refractivity contribution in [3.63, 3.8) is 0 Å². The normalized spacial score (nSPS) is 16.4.